The molecular weight excluding hydrogens is 324 g/mol. The Balaban J connectivity index is 1.68. The predicted molar refractivity (Wildman–Crippen MR) is 106 cm³/mol. The van der Waals surface area contributed by atoms with Gasteiger partial charge in [-0.05, 0) is 57.4 Å². The van der Waals surface area contributed by atoms with Crippen molar-refractivity contribution in [2.45, 2.75) is 64.8 Å². The predicted octanol–water partition coefficient (Wildman–Crippen LogP) is 4.89. The first-order valence-corrected chi connectivity index (χ1v) is 9.48. The van der Waals surface area contributed by atoms with Crippen LogP contribution in [0.1, 0.15) is 52.6 Å². The second kappa shape index (κ2) is 7.28. The van der Waals surface area contributed by atoms with Crippen LogP contribution in [-0.2, 0) is 4.74 Å². The maximum atomic E-state index is 12.4. The van der Waals surface area contributed by atoms with Crippen molar-refractivity contribution in [3.05, 3.63) is 48.0 Å². The Kier molecular flexibility index (Phi) is 5.24. The highest BCUT2D eigenvalue weighted by atomic mass is 16.6. The van der Waals surface area contributed by atoms with Crippen LogP contribution in [0, 0.1) is 0 Å². The molecule has 4 nitrogen and oxygen atoms in total. The van der Waals surface area contributed by atoms with E-state index in [4.69, 9.17) is 4.74 Å². The van der Waals surface area contributed by atoms with Gasteiger partial charge in [-0.3, -0.25) is 0 Å². The van der Waals surface area contributed by atoms with E-state index in [1.165, 1.54) is 16.3 Å². The first kappa shape index (κ1) is 18.7. The van der Waals surface area contributed by atoms with E-state index in [1.54, 1.807) is 0 Å². The summed E-state index contributed by atoms with van der Waals surface area (Å²) in [5.41, 5.74) is 0.838. The van der Waals surface area contributed by atoms with Gasteiger partial charge in [0.1, 0.15) is 5.60 Å². The molecule has 1 saturated heterocycles. The lowest BCUT2D eigenvalue weighted by molar-refractivity contribution is 0.0235. The SMILES string of the molecule is C[C@H](N[C@H]1C[C@H](C)N(C(=O)OC(C)(C)C)C1)c1cccc2ccccc12. The second-order valence-corrected chi connectivity index (χ2v) is 8.37. The summed E-state index contributed by atoms with van der Waals surface area (Å²) in [5.74, 6) is 0. The Morgan fingerprint density at radius 1 is 1.19 bits per heavy atom. The fourth-order valence-electron chi connectivity index (χ4n) is 3.80. The molecule has 3 rings (SSSR count). The van der Waals surface area contributed by atoms with Crippen molar-refractivity contribution in [1.82, 2.24) is 10.2 Å². The van der Waals surface area contributed by atoms with Crippen LogP contribution in [-0.4, -0.2) is 35.2 Å². The summed E-state index contributed by atoms with van der Waals surface area (Å²) in [6, 6.07) is 15.6. The number of benzene rings is 2. The maximum absolute atomic E-state index is 12.4. The van der Waals surface area contributed by atoms with E-state index in [2.05, 4.69) is 61.6 Å². The van der Waals surface area contributed by atoms with Gasteiger partial charge >= 0.3 is 6.09 Å². The molecule has 26 heavy (non-hydrogen) atoms. The second-order valence-electron chi connectivity index (χ2n) is 8.37. The third-order valence-corrected chi connectivity index (χ3v) is 4.98. The van der Waals surface area contributed by atoms with Gasteiger partial charge in [0, 0.05) is 24.7 Å². The third-order valence-electron chi connectivity index (χ3n) is 4.98. The minimum Gasteiger partial charge on any atom is -0.444 e. The zero-order valence-corrected chi connectivity index (χ0v) is 16.5. The van der Waals surface area contributed by atoms with Crippen LogP contribution >= 0.6 is 0 Å². The summed E-state index contributed by atoms with van der Waals surface area (Å²) in [6.07, 6.45) is 0.723. The molecule has 1 aliphatic heterocycles. The molecule has 2 aromatic rings. The van der Waals surface area contributed by atoms with Crippen molar-refractivity contribution < 1.29 is 9.53 Å². The van der Waals surface area contributed by atoms with Crippen molar-refractivity contribution >= 4 is 16.9 Å². The van der Waals surface area contributed by atoms with Crippen molar-refractivity contribution in [3.63, 3.8) is 0 Å². The quantitative estimate of drug-likeness (QED) is 0.853. The van der Waals surface area contributed by atoms with E-state index >= 15 is 0 Å². The van der Waals surface area contributed by atoms with Gasteiger partial charge in [0.05, 0.1) is 0 Å². The molecule has 1 N–H and O–H groups in total. The van der Waals surface area contributed by atoms with Gasteiger partial charge in [-0.1, -0.05) is 42.5 Å². The number of hydrogen-bond acceptors (Lipinski definition) is 3. The number of rotatable bonds is 3. The van der Waals surface area contributed by atoms with Crippen LogP contribution in [0.5, 0.6) is 0 Å². The highest BCUT2D eigenvalue weighted by Gasteiger charge is 2.35. The molecular formula is C22H30N2O2. The number of ether oxygens (including phenoxy) is 1. The highest BCUT2D eigenvalue weighted by molar-refractivity contribution is 5.86. The Labute approximate surface area is 156 Å². The van der Waals surface area contributed by atoms with Gasteiger partial charge in [0.25, 0.3) is 0 Å². The molecule has 0 aliphatic carbocycles. The molecule has 0 bridgehead atoms. The third kappa shape index (κ3) is 4.18. The van der Waals surface area contributed by atoms with E-state index in [0.717, 1.165) is 6.42 Å². The number of nitrogens with zero attached hydrogens (tertiary/aromatic N) is 1. The van der Waals surface area contributed by atoms with Crippen LogP contribution in [0.3, 0.4) is 0 Å². The number of amides is 1. The van der Waals surface area contributed by atoms with E-state index in [0.29, 0.717) is 6.54 Å². The average molecular weight is 354 g/mol. The molecule has 3 atom stereocenters. The molecule has 2 aromatic carbocycles. The van der Waals surface area contributed by atoms with Gasteiger partial charge in [-0.25, -0.2) is 4.79 Å². The number of carbonyl (C=O) groups is 1. The average Bonchev–Trinajstić information content (AvgIpc) is 2.93. The zero-order valence-electron chi connectivity index (χ0n) is 16.5. The first-order valence-electron chi connectivity index (χ1n) is 9.48. The number of fused-ring (bicyclic) bond motifs is 1. The van der Waals surface area contributed by atoms with Crippen LogP contribution in [0.25, 0.3) is 10.8 Å². The standard InChI is InChI=1S/C22H30N2O2/c1-15-13-18(14-24(15)21(25)26-22(3,4)5)23-16(2)19-12-8-10-17-9-6-7-11-20(17)19/h6-12,15-16,18,23H,13-14H2,1-5H3/t15-,16-,18-/m0/s1. The lowest BCUT2D eigenvalue weighted by Crippen LogP contribution is -2.40. The van der Waals surface area contributed by atoms with Crippen molar-refractivity contribution in [2.75, 3.05) is 6.54 Å². The molecule has 1 fully saturated rings. The summed E-state index contributed by atoms with van der Waals surface area (Å²) in [5, 5.41) is 6.26. The molecule has 0 saturated carbocycles. The lowest BCUT2D eigenvalue weighted by atomic mass is 9.99. The molecule has 1 amide bonds. The smallest absolute Gasteiger partial charge is 0.410 e. The van der Waals surface area contributed by atoms with Crippen LogP contribution < -0.4 is 5.32 Å². The summed E-state index contributed by atoms with van der Waals surface area (Å²) in [6.45, 7) is 10.7. The van der Waals surface area contributed by atoms with E-state index in [1.807, 2.05) is 25.7 Å². The Morgan fingerprint density at radius 3 is 2.62 bits per heavy atom. The molecule has 140 valence electrons. The van der Waals surface area contributed by atoms with Crippen LogP contribution in [0.2, 0.25) is 0 Å². The Bertz CT molecular complexity index is 776. The first-order chi connectivity index (χ1) is 12.2. The Morgan fingerprint density at radius 2 is 1.88 bits per heavy atom. The molecule has 0 unspecified atom stereocenters. The highest BCUT2D eigenvalue weighted by Crippen LogP contribution is 2.27. The molecule has 1 heterocycles. The van der Waals surface area contributed by atoms with E-state index in [9.17, 15) is 4.79 Å². The number of carbonyl (C=O) groups excluding carboxylic acids is 1. The fraction of sp³-hybridized carbons (Fsp3) is 0.500. The molecule has 0 spiro atoms. The normalized spacial score (nSPS) is 21.8. The molecule has 1 aliphatic rings. The van der Waals surface area contributed by atoms with Crippen molar-refractivity contribution in [1.29, 1.82) is 0 Å². The monoisotopic (exact) mass is 354 g/mol. The number of nitrogens with one attached hydrogen (secondary N) is 1. The van der Waals surface area contributed by atoms with Gasteiger partial charge in [0.15, 0.2) is 0 Å². The molecule has 0 radical (unpaired) electrons. The Hall–Kier alpha value is -2.07. The van der Waals surface area contributed by atoms with E-state index in [-0.39, 0.29) is 24.2 Å². The lowest BCUT2D eigenvalue weighted by Gasteiger charge is -2.27. The van der Waals surface area contributed by atoms with Gasteiger partial charge in [-0.2, -0.15) is 0 Å². The van der Waals surface area contributed by atoms with Gasteiger partial charge in [0.2, 0.25) is 0 Å². The minimum absolute atomic E-state index is 0.182. The van der Waals surface area contributed by atoms with E-state index < -0.39 is 5.60 Å². The van der Waals surface area contributed by atoms with Gasteiger partial charge in [-0.15, -0.1) is 0 Å². The maximum Gasteiger partial charge on any atom is 0.410 e. The summed E-state index contributed by atoms with van der Waals surface area (Å²) >= 11 is 0. The number of hydrogen-bond donors (Lipinski definition) is 1. The fourth-order valence-corrected chi connectivity index (χ4v) is 3.80. The zero-order chi connectivity index (χ0) is 18.9. The van der Waals surface area contributed by atoms with Crippen LogP contribution in [0.15, 0.2) is 42.5 Å². The summed E-state index contributed by atoms with van der Waals surface area (Å²) in [4.78, 5) is 14.3. The summed E-state index contributed by atoms with van der Waals surface area (Å²) < 4.78 is 5.55. The number of likely N-dealkylation sites (tertiary alicyclic amines) is 1. The van der Waals surface area contributed by atoms with Crippen molar-refractivity contribution in [2.24, 2.45) is 0 Å². The van der Waals surface area contributed by atoms with Crippen molar-refractivity contribution in [3.8, 4) is 0 Å². The minimum atomic E-state index is -0.460. The summed E-state index contributed by atoms with van der Waals surface area (Å²) in [7, 11) is 0. The van der Waals surface area contributed by atoms with Gasteiger partial charge < -0.3 is 15.0 Å². The largest absolute Gasteiger partial charge is 0.444 e. The topological polar surface area (TPSA) is 41.6 Å². The molecule has 0 aromatic heterocycles. The molecule has 4 heteroatoms. The van der Waals surface area contributed by atoms with Crippen LogP contribution in [0.4, 0.5) is 4.79 Å².